The number of hydrogen-bond acceptors (Lipinski definition) is 6. The minimum atomic E-state index is -3.91. The van der Waals surface area contributed by atoms with Crippen LogP contribution >= 0.6 is 11.6 Å². The first-order valence-electron chi connectivity index (χ1n) is 13.9. The molecule has 4 rings (SSSR count). The van der Waals surface area contributed by atoms with Crippen LogP contribution in [0.4, 0.5) is 5.69 Å². The Kier molecular flexibility index (Phi) is 10.7. The number of unbranched alkanes of at least 4 members (excludes halogenated alkanes) is 1. The second-order valence-corrected chi connectivity index (χ2v) is 12.4. The van der Waals surface area contributed by atoms with Crippen LogP contribution in [0.1, 0.15) is 30.9 Å². The number of hydrogen-bond donors (Lipinski definition) is 1. The minimum Gasteiger partial charge on any atom is -0.486 e. The number of nitrogens with one attached hydrogen (secondary N) is 1. The molecule has 0 radical (unpaired) electrons. The molecule has 2 amide bonds. The molecule has 3 aromatic rings. The zero-order chi connectivity index (χ0) is 30.1. The Labute approximate surface area is 252 Å². The number of carbonyl (C=O) groups is 2. The lowest BCUT2D eigenvalue weighted by Gasteiger charge is -2.33. The zero-order valence-corrected chi connectivity index (χ0v) is 25.4. The standard InChI is InChI=1S/C31H36ClN3O6S/c1-3-4-15-33-31(37)27(19-23-9-6-5-7-10-23)34(21-24-11-8-12-25(32)18-24)30(36)22-35(42(2,38)39)26-13-14-28-29(20-26)41-17-16-40-28/h5-14,18,20,27H,3-4,15-17,19,21-22H2,1-2H3,(H,33,37). The summed E-state index contributed by atoms with van der Waals surface area (Å²) in [6.07, 6.45) is 2.97. The van der Waals surface area contributed by atoms with Crippen molar-refractivity contribution in [2.24, 2.45) is 0 Å². The number of sulfonamides is 1. The van der Waals surface area contributed by atoms with E-state index in [-0.39, 0.29) is 24.6 Å². The lowest BCUT2D eigenvalue weighted by atomic mass is 10.0. The quantitative estimate of drug-likeness (QED) is 0.286. The van der Waals surface area contributed by atoms with Crippen molar-refractivity contribution in [1.29, 1.82) is 0 Å². The van der Waals surface area contributed by atoms with Crippen LogP contribution in [-0.2, 0) is 32.6 Å². The van der Waals surface area contributed by atoms with Gasteiger partial charge in [-0.2, -0.15) is 0 Å². The Bertz CT molecular complexity index is 1480. The molecule has 1 aliphatic heterocycles. The van der Waals surface area contributed by atoms with Gasteiger partial charge in [-0.25, -0.2) is 8.42 Å². The summed E-state index contributed by atoms with van der Waals surface area (Å²) >= 11 is 6.25. The molecule has 1 unspecified atom stereocenters. The topological polar surface area (TPSA) is 105 Å². The first-order chi connectivity index (χ1) is 20.2. The molecule has 0 saturated carbocycles. The van der Waals surface area contributed by atoms with E-state index in [9.17, 15) is 18.0 Å². The number of halogens is 1. The molecule has 11 heteroatoms. The van der Waals surface area contributed by atoms with Crippen molar-refractivity contribution in [2.75, 3.05) is 36.9 Å². The van der Waals surface area contributed by atoms with E-state index in [1.807, 2.05) is 43.3 Å². The maximum Gasteiger partial charge on any atom is 0.244 e. The van der Waals surface area contributed by atoms with Crippen molar-refractivity contribution in [3.8, 4) is 11.5 Å². The molecule has 224 valence electrons. The van der Waals surface area contributed by atoms with E-state index in [0.717, 1.165) is 29.0 Å². The monoisotopic (exact) mass is 613 g/mol. The fourth-order valence-corrected chi connectivity index (χ4v) is 5.75. The van der Waals surface area contributed by atoms with Gasteiger partial charge in [-0.3, -0.25) is 13.9 Å². The average molecular weight is 614 g/mol. The molecule has 1 heterocycles. The maximum absolute atomic E-state index is 14.2. The Hall–Kier alpha value is -3.76. The summed E-state index contributed by atoms with van der Waals surface area (Å²) in [4.78, 5) is 29.3. The first-order valence-corrected chi connectivity index (χ1v) is 16.1. The first kappa shape index (κ1) is 31.2. The second-order valence-electron chi connectivity index (χ2n) is 10.1. The Morgan fingerprint density at radius 1 is 0.952 bits per heavy atom. The zero-order valence-electron chi connectivity index (χ0n) is 23.8. The fourth-order valence-electron chi connectivity index (χ4n) is 4.69. The van der Waals surface area contributed by atoms with Crippen molar-refractivity contribution >= 4 is 39.1 Å². The Balaban J connectivity index is 1.71. The number of ether oxygens (including phenoxy) is 2. The summed E-state index contributed by atoms with van der Waals surface area (Å²) in [5, 5.41) is 3.45. The third kappa shape index (κ3) is 8.39. The van der Waals surface area contributed by atoms with Gasteiger partial charge in [0.25, 0.3) is 0 Å². The number of nitrogens with zero attached hydrogens (tertiary/aromatic N) is 2. The third-order valence-corrected chi connectivity index (χ3v) is 8.21. The predicted molar refractivity (Wildman–Crippen MR) is 163 cm³/mol. The van der Waals surface area contributed by atoms with E-state index < -0.39 is 28.5 Å². The van der Waals surface area contributed by atoms with Crippen molar-refractivity contribution in [1.82, 2.24) is 10.2 Å². The van der Waals surface area contributed by atoms with Crippen molar-refractivity contribution < 1.29 is 27.5 Å². The number of anilines is 1. The molecule has 0 aliphatic carbocycles. The number of amides is 2. The van der Waals surface area contributed by atoms with E-state index in [1.54, 1.807) is 36.4 Å². The van der Waals surface area contributed by atoms with Gasteiger partial charge in [0.1, 0.15) is 25.8 Å². The highest BCUT2D eigenvalue weighted by Gasteiger charge is 2.33. The highest BCUT2D eigenvalue weighted by atomic mass is 35.5. The summed E-state index contributed by atoms with van der Waals surface area (Å²) in [7, 11) is -3.91. The molecule has 0 spiro atoms. The van der Waals surface area contributed by atoms with Gasteiger partial charge in [0.05, 0.1) is 11.9 Å². The van der Waals surface area contributed by atoms with Crippen LogP contribution < -0.4 is 19.1 Å². The summed E-state index contributed by atoms with van der Waals surface area (Å²) in [5.41, 5.74) is 1.83. The van der Waals surface area contributed by atoms with Gasteiger partial charge in [0.15, 0.2) is 11.5 Å². The SMILES string of the molecule is CCCCNC(=O)C(Cc1ccccc1)N(Cc1cccc(Cl)c1)C(=O)CN(c1ccc2c(c1)OCCO2)S(C)(=O)=O. The normalized spacial score (nSPS) is 13.2. The van der Waals surface area contributed by atoms with Gasteiger partial charge in [0.2, 0.25) is 21.8 Å². The minimum absolute atomic E-state index is 0.0524. The number of rotatable bonds is 13. The smallest absolute Gasteiger partial charge is 0.244 e. The van der Waals surface area contributed by atoms with Crippen LogP contribution in [0, 0.1) is 0 Å². The molecule has 1 atom stereocenters. The van der Waals surface area contributed by atoms with E-state index in [1.165, 1.54) is 4.90 Å². The van der Waals surface area contributed by atoms with Crippen LogP contribution in [0.5, 0.6) is 11.5 Å². The molecule has 0 bridgehead atoms. The molecule has 42 heavy (non-hydrogen) atoms. The van der Waals surface area contributed by atoms with E-state index in [4.69, 9.17) is 21.1 Å². The molecule has 0 saturated heterocycles. The molecule has 3 aromatic carbocycles. The molecule has 9 nitrogen and oxygen atoms in total. The molecule has 0 aromatic heterocycles. The maximum atomic E-state index is 14.2. The van der Waals surface area contributed by atoms with Gasteiger partial charge in [-0.05, 0) is 41.8 Å². The van der Waals surface area contributed by atoms with Crippen LogP contribution in [-0.4, -0.2) is 63.7 Å². The van der Waals surface area contributed by atoms with Crippen molar-refractivity contribution in [3.05, 3.63) is 88.9 Å². The number of fused-ring (bicyclic) bond motifs is 1. The van der Waals surface area contributed by atoms with E-state index >= 15 is 0 Å². The molecule has 1 aliphatic rings. The molecule has 1 N–H and O–H groups in total. The van der Waals surface area contributed by atoms with Gasteiger partial charge < -0.3 is 19.7 Å². The lowest BCUT2D eigenvalue weighted by Crippen LogP contribution is -2.53. The van der Waals surface area contributed by atoms with Gasteiger partial charge in [-0.1, -0.05) is 67.4 Å². The highest BCUT2D eigenvalue weighted by Crippen LogP contribution is 2.35. The van der Waals surface area contributed by atoms with Crippen molar-refractivity contribution in [2.45, 2.75) is 38.8 Å². The lowest BCUT2D eigenvalue weighted by molar-refractivity contribution is -0.140. The summed E-state index contributed by atoms with van der Waals surface area (Å²) < 4.78 is 38.3. The average Bonchev–Trinajstić information content (AvgIpc) is 2.97. The van der Waals surface area contributed by atoms with Crippen molar-refractivity contribution in [3.63, 3.8) is 0 Å². The Morgan fingerprint density at radius 3 is 2.36 bits per heavy atom. The molecular formula is C31H36ClN3O6S. The largest absolute Gasteiger partial charge is 0.486 e. The van der Waals surface area contributed by atoms with Gasteiger partial charge in [0, 0.05) is 30.6 Å². The third-order valence-electron chi connectivity index (χ3n) is 6.84. The predicted octanol–water partition coefficient (Wildman–Crippen LogP) is 4.43. The summed E-state index contributed by atoms with van der Waals surface area (Å²) in [5.74, 6) is 0.0432. The van der Waals surface area contributed by atoms with Gasteiger partial charge >= 0.3 is 0 Å². The fraction of sp³-hybridized carbons (Fsp3) is 0.355. The highest BCUT2D eigenvalue weighted by molar-refractivity contribution is 7.92. The van der Waals surface area contributed by atoms with E-state index in [0.29, 0.717) is 41.8 Å². The molecular weight excluding hydrogens is 578 g/mol. The van der Waals surface area contributed by atoms with Crippen LogP contribution in [0.2, 0.25) is 5.02 Å². The van der Waals surface area contributed by atoms with E-state index in [2.05, 4.69) is 5.32 Å². The van der Waals surface area contributed by atoms with Crippen LogP contribution in [0.3, 0.4) is 0 Å². The second kappa shape index (κ2) is 14.4. The number of benzene rings is 3. The van der Waals surface area contributed by atoms with Crippen LogP contribution in [0.25, 0.3) is 0 Å². The van der Waals surface area contributed by atoms with Gasteiger partial charge in [-0.15, -0.1) is 0 Å². The Morgan fingerprint density at radius 2 is 1.67 bits per heavy atom. The number of carbonyl (C=O) groups excluding carboxylic acids is 2. The summed E-state index contributed by atoms with van der Waals surface area (Å²) in [6, 6.07) is 20.3. The summed E-state index contributed by atoms with van der Waals surface area (Å²) in [6.45, 7) is 2.74. The molecule has 0 fully saturated rings. The van der Waals surface area contributed by atoms with Crippen LogP contribution in [0.15, 0.2) is 72.8 Å².